The number of hydrogen-bond donors (Lipinski definition) is 0. The maximum absolute atomic E-state index is 13.9. The van der Waals surface area contributed by atoms with Gasteiger partial charge >= 0.3 is 0 Å². The Morgan fingerprint density at radius 3 is 2.63 bits per heavy atom. The number of rotatable bonds is 5. The van der Waals surface area contributed by atoms with Crippen molar-refractivity contribution in [2.24, 2.45) is 0 Å². The first-order chi connectivity index (χ1) is 14.3. The van der Waals surface area contributed by atoms with Gasteiger partial charge in [-0.1, -0.05) is 35.5 Å². The van der Waals surface area contributed by atoms with E-state index in [2.05, 4.69) is 4.98 Å². The van der Waals surface area contributed by atoms with E-state index in [9.17, 15) is 17.6 Å². The van der Waals surface area contributed by atoms with Gasteiger partial charge in [0.25, 0.3) is 0 Å². The van der Waals surface area contributed by atoms with Crippen molar-refractivity contribution in [2.75, 3.05) is 31.9 Å². The summed E-state index contributed by atoms with van der Waals surface area (Å²) in [4.78, 5) is 18.3. The van der Waals surface area contributed by atoms with Gasteiger partial charge in [0.15, 0.2) is 4.34 Å². The van der Waals surface area contributed by atoms with E-state index in [1.807, 2.05) is 6.07 Å². The third kappa shape index (κ3) is 4.47. The molecule has 11 heteroatoms. The lowest BCUT2D eigenvalue weighted by atomic mass is 10.3. The summed E-state index contributed by atoms with van der Waals surface area (Å²) in [5.41, 5.74) is 0.800. The normalized spacial score (nSPS) is 15.6. The van der Waals surface area contributed by atoms with E-state index >= 15 is 0 Å². The second-order valence-electron chi connectivity index (χ2n) is 6.60. The van der Waals surface area contributed by atoms with E-state index in [-0.39, 0.29) is 42.7 Å². The molecule has 3 aromatic rings. The smallest absolute Gasteiger partial charge is 0.246 e. The van der Waals surface area contributed by atoms with Crippen molar-refractivity contribution in [3.8, 4) is 0 Å². The average Bonchev–Trinajstić information content (AvgIpc) is 3.14. The molecule has 1 saturated heterocycles. The lowest BCUT2D eigenvalue weighted by Gasteiger charge is -2.34. The third-order valence-electron chi connectivity index (χ3n) is 4.69. The SMILES string of the molecule is O=C(CSc1nc2cc(Cl)ccc2s1)N1CCN(S(=O)(=O)c2ccccc2F)CC1. The van der Waals surface area contributed by atoms with Crippen LogP contribution in [0.3, 0.4) is 0 Å². The molecule has 2 aromatic carbocycles. The van der Waals surface area contributed by atoms with E-state index in [1.165, 1.54) is 45.6 Å². The molecule has 6 nitrogen and oxygen atoms in total. The molecule has 0 bridgehead atoms. The number of fused-ring (bicyclic) bond motifs is 1. The van der Waals surface area contributed by atoms with Gasteiger partial charge in [0, 0.05) is 31.2 Å². The Labute approximate surface area is 186 Å². The van der Waals surface area contributed by atoms with Gasteiger partial charge in [-0.25, -0.2) is 17.8 Å². The van der Waals surface area contributed by atoms with Crippen molar-refractivity contribution in [2.45, 2.75) is 9.24 Å². The molecule has 2 heterocycles. The Bertz CT molecular complexity index is 1190. The van der Waals surface area contributed by atoms with Crippen LogP contribution in [0.1, 0.15) is 0 Å². The van der Waals surface area contributed by atoms with Crippen molar-refractivity contribution >= 4 is 60.8 Å². The van der Waals surface area contributed by atoms with Crippen LogP contribution in [0.5, 0.6) is 0 Å². The molecule has 4 rings (SSSR count). The predicted molar refractivity (Wildman–Crippen MR) is 117 cm³/mol. The molecule has 30 heavy (non-hydrogen) atoms. The largest absolute Gasteiger partial charge is 0.339 e. The minimum absolute atomic E-state index is 0.0831. The minimum atomic E-state index is -3.92. The number of halogens is 2. The fraction of sp³-hybridized carbons (Fsp3) is 0.263. The first-order valence-corrected chi connectivity index (χ1v) is 12.7. The zero-order valence-corrected chi connectivity index (χ0v) is 18.8. The highest BCUT2D eigenvalue weighted by Gasteiger charge is 2.31. The summed E-state index contributed by atoms with van der Waals surface area (Å²) >= 11 is 8.83. The lowest BCUT2D eigenvalue weighted by molar-refractivity contribution is -0.129. The lowest BCUT2D eigenvalue weighted by Crippen LogP contribution is -2.51. The second-order valence-corrected chi connectivity index (χ2v) is 11.2. The molecule has 1 aliphatic heterocycles. The maximum atomic E-state index is 13.9. The number of sulfonamides is 1. The number of carbonyl (C=O) groups is 1. The monoisotopic (exact) mass is 485 g/mol. The highest BCUT2D eigenvalue weighted by Crippen LogP contribution is 2.31. The van der Waals surface area contributed by atoms with Gasteiger partial charge in [0.05, 0.1) is 16.0 Å². The highest BCUT2D eigenvalue weighted by molar-refractivity contribution is 8.01. The van der Waals surface area contributed by atoms with E-state index in [4.69, 9.17) is 11.6 Å². The standard InChI is InChI=1S/C19H17ClFN3O3S3/c20-13-5-6-16-15(11-13)22-19(29-16)28-12-18(25)23-7-9-24(10-8-23)30(26,27)17-4-2-1-3-14(17)21/h1-6,11H,7-10,12H2. The molecule has 0 spiro atoms. The molecule has 0 radical (unpaired) electrons. The molecule has 0 unspecified atom stereocenters. The summed E-state index contributed by atoms with van der Waals surface area (Å²) < 4.78 is 42.3. The van der Waals surface area contributed by atoms with E-state index < -0.39 is 15.8 Å². The molecule has 1 aliphatic rings. The number of benzene rings is 2. The molecule has 0 saturated carbocycles. The molecule has 158 valence electrons. The van der Waals surface area contributed by atoms with Gasteiger partial charge < -0.3 is 4.90 Å². The Morgan fingerprint density at radius 1 is 1.17 bits per heavy atom. The van der Waals surface area contributed by atoms with Crippen LogP contribution in [-0.4, -0.2) is 60.4 Å². The number of aromatic nitrogens is 1. The number of hydrogen-bond acceptors (Lipinski definition) is 6. The van der Waals surface area contributed by atoms with E-state index in [1.54, 1.807) is 17.0 Å². The van der Waals surface area contributed by atoms with Gasteiger partial charge in [-0.05, 0) is 30.3 Å². The zero-order chi connectivity index (χ0) is 21.3. The summed E-state index contributed by atoms with van der Waals surface area (Å²) in [6.45, 7) is 0.796. The first kappa shape index (κ1) is 21.5. The Hall–Kier alpha value is -1.72. The molecular formula is C19H17ClFN3O3S3. The Balaban J connectivity index is 1.34. The molecule has 1 fully saturated rings. The summed E-state index contributed by atoms with van der Waals surface area (Å²) in [5.74, 6) is -0.641. The third-order valence-corrected chi connectivity index (χ3v) is 9.03. The van der Waals surface area contributed by atoms with Crippen molar-refractivity contribution in [1.29, 1.82) is 0 Å². The first-order valence-electron chi connectivity index (χ1n) is 9.06. The van der Waals surface area contributed by atoms with E-state index in [0.29, 0.717) is 5.02 Å². The van der Waals surface area contributed by atoms with Crippen LogP contribution in [0.4, 0.5) is 4.39 Å². The predicted octanol–water partition coefficient (Wildman–Crippen LogP) is 3.71. The number of carbonyl (C=O) groups excluding carboxylic acids is 1. The summed E-state index contributed by atoms with van der Waals surface area (Å²) in [6, 6.07) is 10.8. The van der Waals surface area contributed by atoms with Crippen LogP contribution in [0.25, 0.3) is 10.2 Å². The molecule has 0 aliphatic carbocycles. The van der Waals surface area contributed by atoms with Crippen molar-refractivity contribution in [1.82, 2.24) is 14.2 Å². The quantitative estimate of drug-likeness (QED) is 0.515. The summed E-state index contributed by atoms with van der Waals surface area (Å²) in [5, 5.41) is 0.614. The molecule has 0 N–H and O–H groups in total. The van der Waals surface area contributed by atoms with Crippen LogP contribution < -0.4 is 0 Å². The van der Waals surface area contributed by atoms with E-state index in [0.717, 1.165) is 20.6 Å². The van der Waals surface area contributed by atoms with Gasteiger partial charge in [0.2, 0.25) is 15.9 Å². The van der Waals surface area contributed by atoms with Gasteiger partial charge in [-0.15, -0.1) is 11.3 Å². The minimum Gasteiger partial charge on any atom is -0.339 e. The number of nitrogens with zero attached hydrogens (tertiary/aromatic N) is 3. The zero-order valence-electron chi connectivity index (χ0n) is 15.6. The fourth-order valence-electron chi connectivity index (χ4n) is 3.13. The van der Waals surface area contributed by atoms with Gasteiger partial charge in [0.1, 0.15) is 10.7 Å². The van der Waals surface area contributed by atoms with Crippen molar-refractivity contribution in [3.63, 3.8) is 0 Å². The van der Waals surface area contributed by atoms with Crippen LogP contribution in [0.15, 0.2) is 51.7 Å². The van der Waals surface area contributed by atoms with Gasteiger partial charge in [-0.3, -0.25) is 4.79 Å². The van der Waals surface area contributed by atoms with Crippen molar-refractivity contribution in [3.05, 3.63) is 53.3 Å². The Morgan fingerprint density at radius 2 is 1.90 bits per heavy atom. The number of thioether (sulfide) groups is 1. The number of amides is 1. The fourth-order valence-corrected chi connectivity index (χ4v) is 6.73. The number of piperazine rings is 1. The Kier molecular flexibility index (Phi) is 6.31. The second kappa shape index (κ2) is 8.80. The van der Waals surface area contributed by atoms with Crippen LogP contribution >= 0.6 is 34.7 Å². The maximum Gasteiger partial charge on any atom is 0.246 e. The summed E-state index contributed by atoms with van der Waals surface area (Å²) in [7, 11) is -3.92. The molecule has 0 atom stereocenters. The molecular weight excluding hydrogens is 469 g/mol. The van der Waals surface area contributed by atoms with Crippen LogP contribution in [0.2, 0.25) is 5.02 Å². The van der Waals surface area contributed by atoms with Crippen LogP contribution in [0, 0.1) is 5.82 Å². The molecule has 1 amide bonds. The number of thiazole rings is 1. The van der Waals surface area contributed by atoms with Crippen LogP contribution in [-0.2, 0) is 14.8 Å². The summed E-state index contributed by atoms with van der Waals surface area (Å²) in [6.07, 6.45) is 0. The molecule has 1 aromatic heterocycles. The average molecular weight is 486 g/mol. The highest BCUT2D eigenvalue weighted by atomic mass is 35.5. The van der Waals surface area contributed by atoms with Crippen molar-refractivity contribution < 1.29 is 17.6 Å². The topological polar surface area (TPSA) is 70.6 Å². The van der Waals surface area contributed by atoms with Gasteiger partial charge in [-0.2, -0.15) is 4.31 Å².